The molecule has 24 heavy (non-hydrogen) atoms. The first-order valence-electron chi connectivity index (χ1n) is 8.56. The molecule has 130 valence electrons. The van der Waals surface area contributed by atoms with Gasteiger partial charge in [0, 0.05) is 49.6 Å². The Balaban J connectivity index is 1.51. The number of aromatic nitrogens is 3. The van der Waals surface area contributed by atoms with E-state index in [1.165, 1.54) is 12.0 Å². The van der Waals surface area contributed by atoms with Gasteiger partial charge in [-0.3, -0.25) is 4.68 Å². The van der Waals surface area contributed by atoms with Gasteiger partial charge in [0.25, 0.3) is 0 Å². The molecule has 2 aromatic rings. The zero-order valence-corrected chi connectivity index (χ0v) is 14.4. The van der Waals surface area contributed by atoms with Crippen LogP contribution in [0.5, 0.6) is 5.88 Å². The number of nitrogens with one attached hydrogen (secondary N) is 1. The highest BCUT2D eigenvalue weighted by Gasteiger charge is 2.28. The number of methoxy groups -OCH3 is 1. The van der Waals surface area contributed by atoms with Gasteiger partial charge in [-0.2, -0.15) is 5.10 Å². The van der Waals surface area contributed by atoms with E-state index in [0.717, 1.165) is 38.1 Å². The number of hydrogen-bond acceptors (Lipinski definition) is 5. The molecule has 1 aliphatic rings. The Kier molecular flexibility index (Phi) is 5.82. The van der Waals surface area contributed by atoms with Gasteiger partial charge in [0.05, 0.1) is 19.4 Å². The standard InChI is InChI=1S/C18H26N4O2/c1-22-13-16(12-21-22)17-15(6-4-10-24-17)11-19-9-7-14-5-3-8-20-18(14)23-2/h3,5,8,12-13,15,17,19H,4,6-7,9-11H2,1-2H3/t15-,17+/m0/s1. The monoisotopic (exact) mass is 330 g/mol. The number of hydrogen-bond donors (Lipinski definition) is 1. The predicted molar refractivity (Wildman–Crippen MR) is 92.0 cm³/mol. The summed E-state index contributed by atoms with van der Waals surface area (Å²) < 4.78 is 13.2. The van der Waals surface area contributed by atoms with Crippen molar-refractivity contribution in [2.45, 2.75) is 25.4 Å². The first kappa shape index (κ1) is 16.9. The van der Waals surface area contributed by atoms with Crippen molar-refractivity contribution in [1.29, 1.82) is 0 Å². The van der Waals surface area contributed by atoms with E-state index < -0.39 is 0 Å². The summed E-state index contributed by atoms with van der Waals surface area (Å²) in [5.74, 6) is 1.20. The van der Waals surface area contributed by atoms with Crippen LogP contribution in [0.15, 0.2) is 30.7 Å². The van der Waals surface area contributed by atoms with Gasteiger partial charge in [0.1, 0.15) is 0 Å². The van der Waals surface area contributed by atoms with Gasteiger partial charge in [0.15, 0.2) is 0 Å². The zero-order chi connectivity index (χ0) is 16.8. The minimum Gasteiger partial charge on any atom is -0.481 e. The molecule has 6 nitrogen and oxygen atoms in total. The zero-order valence-electron chi connectivity index (χ0n) is 14.4. The van der Waals surface area contributed by atoms with Gasteiger partial charge in [-0.25, -0.2) is 4.98 Å². The third kappa shape index (κ3) is 4.13. The normalized spacial score (nSPS) is 20.9. The summed E-state index contributed by atoms with van der Waals surface area (Å²) >= 11 is 0. The molecule has 0 radical (unpaired) electrons. The van der Waals surface area contributed by atoms with E-state index in [0.29, 0.717) is 11.8 Å². The lowest BCUT2D eigenvalue weighted by molar-refractivity contribution is -0.0277. The van der Waals surface area contributed by atoms with E-state index in [1.54, 1.807) is 13.3 Å². The summed E-state index contributed by atoms with van der Waals surface area (Å²) in [6.07, 6.45) is 9.10. The summed E-state index contributed by atoms with van der Waals surface area (Å²) in [7, 11) is 3.61. The minimum atomic E-state index is 0.146. The summed E-state index contributed by atoms with van der Waals surface area (Å²) in [5.41, 5.74) is 2.31. The molecule has 3 rings (SSSR count). The van der Waals surface area contributed by atoms with Gasteiger partial charge >= 0.3 is 0 Å². The summed E-state index contributed by atoms with van der Waals surface area (Å²) in [4.78, 5) is 4.24. The molecule has 3 heterocycles. The number of ether oxygens (including phenoxy) is 2. The van der Waals surface area contributed by atoms with Crippen LogP contribution in [-0.2, 0) is 18.2 Å². The van der Waals surface area contributed by atoms with Crippen LogP contribution in [-0.4, -0.2) is 41.6 Å². The molecule has 0 amide bonds. The lowest BCUT2D eigenvalue weighted by atomic mass is 9.91. The summed E-state index contributed by atoms with van der Waals surface area (Å²) in [6.45, 7) is 2.68. The molecule has 6 heteroatoms. The number of rotatable bonds is 7. The molecule has 1 aliphatic heterocycles. The molecule has 2 aromatic heterocycles. The average Bonchev–Trinajstić information content (AvgIpc) is 3.05. The smallest absolute Gasteiger partial charge is 0.216 e. The van der Waals surface area contributed by atoms with Crippen molar-refractivity contribution >= 4 is 0 Å². The maximum Gasteiger partial charge on any atom is 0.216 e. The summed E-state index contributed by atoms with van der Waals surface area (Å²) in [6, 6.07) is 4.01. The molecule has 0 aromatic carbocycles. The molecule has 1 N–H and O–H groups in total. The van der Waals surface area contributed by atoms with Crippen LogP contribution < -0.4 is 10.1 Å². The Bertz CT molecular complexity index is 643. The van der Waals surface area contributed by atoms with Crippen molar-refractivity contribution in [3.8, 4) is 5.88 Å². The lowest BCUT2D eigenvalue weighted by Crippen LogP contribution is -2.32. The SMILES string of the molecule is COc1ncccc1CCNC[C@@H]1CCCO[C@H]1c1cnn(C)c1. The minimum absolute atomic E-state index is 0.146. The van der Waals surface area contributed by atoms with Gasteiger partial charge in [-0.15, -0.1) is 0 Å². The first-order chi connectivity index (χ1) is 11.8. The molecule has 1 saturated heterocycles. The van der Waals surface area contributed by atoms with E-state index in [-0.39, 0.29) is 6.10 Å². The molecule has 0 spiro atoms. The molecular formula is C18H26N4O2. The number of nitrogens with zero attached hydrogens (tertiary/aromatic N) is 3. The molecular weight excluding hydrogens is 304 g/mol. The topological polar surface area (TPSA) is 61.2 Å². The van der Waals surface area contributed by atoms with E-state index in [1.807, 2.05) is 24.0 Å². The summed E-state index contributed by atoms with van der Waals surface area (Å²) in [5, 5.41) is 7.85. The van der Waals surface area contributed by atoms with Crippen molar-refractivity contribution in [3.05, 3.63) is 41.9 Å². The van der Waals surface area contributed by atoms with E-state index >= 15 is 0 Å². The van der Waals surface area contributed by atoms with Gasteiger partial charge < -0.3 is 14.8 Å². The second-order valence-electron chi connectivity index (χ2n) is 6.27. The van der Waals surface area contributed by atoms with Crippen molar-refractivity contribution < 1.29 is 9.47 Å². The second kappa shape index (κ2) is 8.26. The van der Waals surface area contributed by atoms with E-state index in [4.69, 9.17) is 9.47 Å². The second-order valence-corrected chi connectivity index (χ2v) is 6.27. The van der Waals surface area contributed by atoms with E-state index in [2.05, 4.69) is 27.7 Å². The Morgan fingerprint density at radius 3 is 3.17 bits per heavy atom. The van der Waals surface area contributed by atoms with Crippen LogP contribution >= 0.6 is 0 Å². The third-order valence-corrected chi connectivity index (χ3v) is 4.52. The highest BCUT2D eigenvalue weighted by Crippen LogP contribution is 2.32. The first-order valence-corrected chi connectivity index (χ1v) is 8.56. The van der Waals surface area contributed by atoms with Crippen LogP contribution in [0.25, 0.3) is 0 Å². The van der Waals surface area contributed by atoms with Crippen molar-refractivity contribution in [2.75, 3.05) is 26.8 Å². The molecule has 2 atom stereocenters. The van der Waals surface area contributed by atoms with Crippen molar-refractivity contribution in [1.82, 2.24) is 20.1 Å². The van der Waals surface area contributed by atoms with Crippen LogP contribution in [0, 0.1) is 5.92 Å². The van der Waals surface area contributed by atoms with Gasteiger partial charge in [-0.05, 0) is 31.9 Å². The molecule has 0 saturated carbocycles. The van der Waals surface area contributed by atoms with Crippen LogP contribution in [0.3, 0.4) is 0 Å². The highest BCUT2D eigenvalue weighted by molar-refractivity contribution is 5.25. The largest absolute Gasteiger partial charge is 0.481 e. The Hall–Kier alpha value is -1.92. The molecule has 0 aliphatic carbocycles. The molecule has 0 unspecified atom stereocenters. The van der Waals surface area contributed by atoms with Crippen LogP contribution in [0.1, 0.15) is 30.1 Å². The Morgan fingerprint density at radius 2 is 2.38 bits per heavy atom. The van der Waals surface area contributed by atoms with Crippen molar-refractivity contribution in [3.63, 3.8) is 0 Å². The third-order valence-electron chi connectivity index (χ3n) is 4.52. The van der Waals surface area contributed by atoms with E-state index in [9.17, 15) is 0 Å². The van der Waals surface area contributed by atoms with Gasteiger partial charge in [-0.1, -0.05) is 6.07 Å². The van der Waals surface area contributed by atoms with Crippen molar-refractivity contribution in [2.24, 2.45) is 13.0 Å². The average molecular weight is 330 g/mol. The van der Waals surface area contributed by atoms with Crippen LogP contribution in [0.4, 0.5) is 0 Å². The lowest BCUT2D eigenvalue weighted by Gasteiger charge is -2.31. The maximum atomic E-state index is 6.02. The number of pyridine rings is 1. The van der Waals surface area contributed by atoms with Crippen LogP contribution in [0.2, 0.25) is 0 Å². The van der Waals surface area contributed by atoms with Gasteiger partial charge in [0.2, 0.25) is 5.88 Å². The fourth-order valence-corrected chi connectivity index (χ4v) is 3.32. The highest BCUT2D eigenvalue weighted by atomic mass is 16.5. The Morgan fingerprint density at radius 1 is 1.46 bits per heavy atom. The fraction of sp³-hybridized carbons (Fsp3) is 0.556. The molecule has 1 fully saturated rings. The maximum absolute atomic E-state index is 6.02. The molecule has 0 bridgehead atoms. The fourth-order valence-electron chi connectivity index (χ4n) is 3.32. The Labute approximate surface area is 143 Å². The number of aryl methyl sites for hydroxylation is 1. The predicted octanol–water partition coefficient (Wildman–Crippen LogP) is 2.12. The quantitative estimate of drug-likeness (QED) is 0.788.